The zero-order chi connectivity index (χ0) is 19.3. The van der Waals surface area contributed by atoms with Gasteiger partial charge >= 0.3 is 0 Å². The summed E-state index contributed by atoms with van der Waals surface area (Å²) in [6.45, 7) is 7.22. The summed E-state index contributed by atoms with van der Waals surface area (Å²) < 4.78 is 7.18. The van der Waals surface area contributed by atoms with E-state index in [9.17, 15) is 0 Å². The van der Waals surface area contributed by atoms with Crippen molar-refractivity contribution in [3.05, 3.63) is 52.8 Å². The highest BCUT2D eigenvalue weighted by atomic mass is 127. The Balaban J connectivity index is 0.00000280. The second kappa shape index (κ2) is 10.2. The maximum atomic E-state index is 5.17. The SMILES string of the molecule is CN=C(NCc1c(C)nn(CCOC)c1C)NCC1(c2ccccc2)CC1.I. The largest absolute Gasteiger partial charge is 0.383 e. The van der Waals surface area contributed by atoms with Crippen LogP contribution >= 0.6 is 24.0 Å². The molecule has 0 atom stereocenters. The van der Waals surface area contributed by atoms with E-state index in [2.05, 4.69) is 64.9 Å². The van der Waals surface area contributed by atoms with Crippen LogP contribution in [0.3, 0.4) is 0 Å². The summed E-state index contributed by atoms with van der Waals surface area (Å²) in [5.74, 6) is 0.834. The van der Waals surface area contributed by atoms with Gasteiger partial charge in [-0.1, -0.05) is 30.3 Å². The number of halogens is 1. The first-order chi connectivity index (χ1) is 13.1. The lowest BCUT2D eigenvalue weighted by Crippen LogP contribution is -2.41. The normalized spacial score (nSPS) is 15.1. The van der Waals surface area contributed by atoms with Gasteiger partial charge in [0.05, 0.1) is 18.8 Å². The van der Waals surface area contributed by atoms with Crippen LogP contribution in [0.5, 0.6) is 0 Å². The third-order valence-electron chi connectivity index (χ3n) is 5.53. The lowest BCUT2D eigenvalue weighted by Gasteiger charge is -2.19. The van der Waals surface area contributed by atoms with Gasteiger partial charge in [-0.05, 0) is 32.3 Å². The van der Waals surface area contributed by atoms with Crippen molar-refractivity contribution in [3.8, 4) is 0 Å². The van der Waals surface area contributed by atoms with Gasteiger partial charge in [-0.15, -0.1) is 24.0 Å². The lowest BCUT2D eigenvalue weighted by atomic mass is 9.96. The molecule has 1 aromatic carbocycles. The molecule has 1 heterocycles. The first kappa shape index (κ1) is 22.7. The summed E-state index contributed by atoms with van der Waals surface area (Å²) in [6, 6.07) is 10.8. The first-order valence-corrected chi connectivity index (χ1v) is 9.61. The van der Waals surface area contributed by atoms with Crippen LogP contribution in [0.25, 0.3) is 0 Å². The molecule has 1 aliphatic carbocycles. The van der Waals surface area contributed by atoms with Crippen molar-refractivity contribution in [3.63, 3.8) is 0 Å². The smallest absolute Gasteiger partial charge is 0.191 e. The van der Waals surface area contributed by atoms with Crippen molar-refractivity contribution in [1.29, 1.82) is 0 Å². The monoisotopic (exact) mass is 497 g/mol. The Morgan fingerprint density at radius 2 is 1.93 bits per heavy atom. The molecule has 7 heteroatoms. The molecule has 1 aliphatic rings. The van der Waals surface area contributed by atoms with Crippen LogP contribution in [0.15, 0.2) is 35.3 Å². The summed E-state index contributed by atoms with van der Waals surface area (Å²) in [5, 5.41) is 11.6. The number of aliphatic imine (C=N–C) groups is 1. The minimum Gasteiger partial charge on any atom is -0.383 e. The fraction of sp³-hybridized carbons (Fsp3) is 0.524. The molecule has 6 nitrogen and oxygen atoms in total. The van der Waals surface area contributed by atoms with Crippen LogP contribution in [0.2, 0.25) is 0 Å². The summed E-state index contributed by atoms with van der Waals surface area (Å²) in [6.07, 6.45) is 2.46. The highest BCUT2D eigenvalue weighted by molar-refractivity contribution is 14.0. The van der Waals surface area contributed by atoms with Crippen molar-refractivity contribution in [2.75, 3.05) is 27.3 Å². The van der Waals surface area contributed by atoms with Gasteiger partial charge in [-0.25, -0.2) is 0 Å². The van der Waals surface area contributed by atoms with Crippen LogP contribution in [-0.4, -0.2) is 43.0 Å². The Kier molecular flexibility index (Phi) is 8.30. The van der Waals surface area contributed by atoms with Crippen LogP contribution in [0.1, 0.15) is 35.4 Å². The van der Waals surface area contributed by atoms with Gasteiger partial charge in [0.15, 0.2) is 5.96 Å². The third-order valence-corrected chi connectivity index (χ3v) is 5.53. The molecule has 0 unspecified atom stereocenters. The number of methoxy groups -OCH3 is 1. The summed E-state index contributed by atoms with van der Waals surface area (Å²) in [7, 11) is 3.53. The molecule has 154 valence electrons. The number of hydrogen-bond acceptors (Lipinski definition) is 3. The maximum absolute atomic E-state index is 5.17. The maximum Gasteiger partial charge on any atom is 0.191 e. The summed E-state index contributed by atoms with van der Waals surface area (Å²) >= 11 is 0. The van der Waals surface area contributed by atoms with Gasteiger partial charge in [0.2, 0.25) is 0 Å². The molecule has 3 rings (SSSR count). The molecule has 0 radical (unpaired) electrons. The topological polar surface area (TPSA) is 63.5 Å². The minimum atomic E-state index is 0. The molecule has 0 aliphatic heterocycles. The Labute approximate surface area is 185 Å². The molecule has 1 fully saturated rings. The second-order valence-electron chi connectivity index (χ2n) is 7.29. The fourth-order valence-electron chi connectivity index (χ4n) is 3.54. The van der Waals surface area contributed by atoms with Gasteiger partial charge in [0, 0.05) is 43.9 Å². The Morgan fingerprint density at radius 1 is 1.21 bits per heavy atom. The molecular weight excluding hydrogens is 465 g/mol. The van der Waals surface area contributed by atoms with E-state index < -0.39 is 0 Å². The Bertz CT molecular complexity index is 784. The standard InChI is InChI=1S/C21H31N5O.HI/c1-16-19(17(2)26(25-16)12-13-27-4)14-23-20(22-3)24-15-21(10-11-21)18-8-6-5-7-9-18;/h5-9H,10-15H2,1-4H3,(H2,22,23,24);1H. The Hall–Kier alpha value is -1.61. The lowest BCUT2D eigenvalue weighted by molar-refractivity contribution is 0.182. The van der Waals surface area contributed by atoms with Crippen molar-refractivity contribution < 1.29 is 4.74 Å². The highest BCUT2D eigenvalue weighted by Crippen LogP contribution is 2.47. The molecule has 0 amide bonds. The minimum absolute atomic E-state index is 0. The first-order valence-electron chi connectivity index (χ1n) is 9.61. The number of aryl methyl sites for hydroxylation is 1. The van der Waals surface area contributed by atoms with Crippen LogP contribution in [0, 0.1) is 13.8 Å². The highest BCUT2D eigenvalue weighted by Gasteiger charge is 2.43. The van der Waals surface area contributed by atoms with Crippen molar-refractivity contribution >= 4 is 29.9 Å². The van der Waals surface area contributed by atoms with E-state index in [-0.39, 0.29) is 29.4 Å². The van der Waals surface area contributed by atoms with E-state index in [1.807, 2.05) is 11.7 Å². The molecule has 0 spiro atoms. The van der Waals surface area contributed by atoms with Crippen LogP contribution in [-0.2, 0) is 23.2 Å². The number of ether oxygens (including phenoxy) is 1. The Morgan fingerprint density at radius 3 is 2.54 bits per heavy atom. The van der Waals surface area contributed by atoms with E-state index in [1.165, 1.54) is 29.7 Å². The molecule has 0 bridgehead atoms. The number of nitrogens with zero attached hydrogens (tertiary/aromatic N) is 3. The fourth-order valence-corrected chi connectivity index (χ4v) is 3.54. The number of aromatic nitrogens is 2. The number of hydrogen-bond donors (Lipinski definition) is 2. The molecule has 2 N–H and O–H groups in total. The summed E-state index contributed by atoms with van der Waals surface area (Å²) in [5.41, 5.74) is 5.12. The van der Waals surface area contributed by atoms with Gasteiger partial charge in [0.1, 0.15) is 0 Å². The second-order valence-corrected chi connectivity index (χ2v) is 7.29. The molecule has 1 saturated carbocycles. The van der Waals surface area contributed by atoms with Gasteiger partial charge < -0.3 is 15.4 Å². The molecule has 28 heavy (non-hydrogen) atoms. The quantitative estimate of drug-likeness (QED) is 0.334. The van der Waals surface area contributed by atoms with E-state index in [4.69, 9.17) is 4.74 Å². The van der Waals surface area contributed by atoms with Crippen molar-refractivity contribution in [2.45, 2.75) is 45.2 Å². The van der Waals surface area contributed by atoms with E-state index in [0.717, 1.165) is 24.7 Å². The van der Waals surface area contributed by atoms with Crippen molar-refractivity contribution in [2.24, 2.45) is 4.99 Å². The summed E-state index contributed by atoms with van der Waals surface area (Å²) in [4.78, 5) is 4.39. The van der Waals surface area contributed by atoms with Crippen molar-refractivity contribution in [1.82, 2.24) is 20.4 Å². The van der Waals surface area contributed by atoms with Crippen LogP contribution in [0.4, 0.5) is 0 Å². The average molecular weight is 497 g/mol. The zero-order valence-corrected chi connectivity index (χ0v) is 19.6. The number of rotatable bonds is 8. The zero-order valence-electron chi connectivity index (χ0n) is 17.3. The van der Waals surface area contributed by atoms with E-state index >= 15 is 0 Å². The van der Waals surface area contributed by atoms with E-state index in [1.54, 1.807) is 7.11 Å². The molecule has 0 saturated heterocycles. The van der Waals surface area contributed by atoms with Crippen LogP contribution < -0.4 is 10.6 Å². The molecular formula is C21H32IN5O. The third kappa shape index (κ3) is 5.26. The predicted molar refractivity (Wildman–Crippen MR) is 125 cm³/mol. The number of benzene rings is 1. The molecule has 1 aromatic heterocycles. The number of guanidine groups is 1. The average Bonchev–Trinajstić information content (AvgIpc) is 3.44. The number of nitrogens with one attached hydrogen (secondary N) is 2. The van der Waals surface area contributed by atoms with Gasteiger partial charge in [-0.2, -0.15) is 5.10 Å². The molecule has 2 aromatic rings. The van der Waals surface area contributed by atoms with E-state index in [0.29, 0.717) is 13.2 Å². The van der Waals surface area contributed by atoms with Gasteiger partial charge in [-0.3, -0.25) is 9.67 Å². The van der Waals surface area contributed by atoms with Gasteiger partial charge in [0.25, 0.3) is 0 Å². The predicted octanol–water partition coefficient (Wildman–Crippen LogP) is 3.16.